The molecule has 2 aromatic rings. The van der Waals surface area contributed by atoms with Crippen LogP contribution in [0, 0.1) is 11.8 Å². The van der Waals surface area contributed by atoms with Crippen molar-refractivity contribution in [3.63, 3.8) is 0 Å². The molecule has 110 valence electrons. The first-order chi connectivity index (χ1) is 9.76. The zero-order valence-corrected chi connectivity index (χ0v) is 13.0. The van der Waals surface area contributed by atoms with Crippen LogP contribution in [0.3, 0.4) is 0 Å². The van der Waals surface area contributed by atoms with Crippen molar-refractivity contribution < 1.29 is 5.11 Å². The number of aliphatic hydroxyl groups is 1. The van der Waals surface area contributed by atoms with Crippen molar-refractivity contribution in [2.75, 3.05) is 0 Å². The molecule has 4 heteroatoms. The predicted octanol–water partition coefficient (Wildman–Crippen LogP) is 3.91. The molecule has 1 aliphatic rings. The van der Waals surface area contributed by atoms with Gasteiger partial charge in [0.15, 0.2) is 4.96 Å². The van der Waals surface area contributed by atoms with Crippen molar-refractivity contribution in [2.24, 2.45) is 11.8 Å². The normalized spacial score (nSPS) is 25.1. The Kier molecular flexibility index (Phi) is 4.41. The number of hydrogen-bond acceptors (Lipinski definition) is 3. The fourth-order valence-corrected chi connectivity index (χ4v) is 4.24. The van der Waals surface area contributed by atoms with E-state index in [1.807, 2.05) is 16.0 Å². The van der Waals surface area contributed by atoms with Gasteiger partial charge in [0.1, 0.15) is 0 Å². The van der Waals surface area contributed by atoms with Crippen LogP contribution in [0.4, 0.5) is 0 Å². The highest BCUT2D eigenvalue weighted by Gasteiger charge is 2.26. The molecule has 1 saturated carbocycles. The SMILES string of the molecule is CCCC1CCC(C(O)Cc2cn3ccsc3n2)CC1. The molecule has 1 aliphatic carbocycles. The lowest BCUT2D eigenvalue weighted by Gasteiger charge is -2.31. The van der Waals surface area contributed by atoms with Crippen LogP contribution in [-0.2, 0) is 6.42 Å². The van der Waals surface area contributed by atoms with Gasteiger partial charge in [-0.3, -0.25) is 4.40 Å². The summed E-state index contributed by atoms with van der Waals surface area (Å²) in [7, 11) is 0. The Hall–Kier alpha value is -0.870. The van der Waals surface area contributed by atoms with Crippen LogP contribution >= 0.6 is 11.3 Å². The Morgan fingerprint density at radius 3 is 2.90 bits per heavy atom. The monoisotopic (exact) mass is 292 g/mol. The van der Waals surface area contributed by atoms with Gasteiger partial charge in [0.25, 0.3) is 0 Å². The topological polar surface area (TPSA) is 37.5 Å². The molecule has 1 unspecified atom stereocenters. The average molecular weight is 292 g/mol. The van der Waals surface area contributed by atoms with Gasteiger partial charge in [0.05, 0.1) is 11.8 Å². The van der Waals surface area contributed by atoms with Crippen LogP contribution in [0.15, 0.2) is 17.8 Å². The second-order valence-corrected chi connectivity index (χ2v) is 7.04. The molecule has 1 N–H and O–H groups in total. The number of rotatable bonds is 5. The summed E-state index contributed by atoms with van der Waals surface area (Å²) in [5.74, 6) is 1.38. The zero-order chi connectivity index (χ0) is 13.9. The Labute approximate surface area is 124 Å². The fourth-order valence-electron chi connectivity index (χ4n) is 3.53. The van der Waals surface area contributed by atoms with E-state index in [4.69, 9.17) is 0 Å². The molecule has 0 bridgehead atoms. The average Bonchev–Trinajstić information content (AvgIpc) is 3.01. The molecule has 0 radical (unpaired) electrons. The summed E-state index contributed by atoms with van der Waals surface area (Å²) in [6.45, 7) is 2.27. The maximum absolute atomic E-state index is 10.5. The molecule has 0 aromatic carbocycles. The largest absolute Gasteiger partial charge is 0.392 e. The first-order valence-electron chi connectivity index (χ1n) is 7.85. The molecule has 3 rings (SSSR count). The minimum Gasteiger partial charge on any atom is -0.392 e. The van der Waals surface area contributed by atoms with Gasteiger partial charge in [-0.25, -0.2) is 4.98 Å². The van der Waals surface area contributed by atoms with Gasteiger partial charge in [0, 0.05) is 24.2 Å². The third kappa shape index (κ3) is 3.07. The third-order valence-corrected chi connectivity index (χ3v) is 5.46. The molecule has 2 aromatic heterocycles. The molecule has 0 amide bonds. The molecule has 2 heterocycles. The van der Waals surface area contributed by atoms with E-state index in [0.29, 0.717) is 12.3 Å². The highest BCUT2D eigenvalue weighted by molar-refractivity contribution is 7.15. The van der Waals surface area contributed by atoms with E-state index in [-0.39, 0.29) is 6.10 Å². The summed E-state index contributed by atoms with van der Waals surface area (Å²) in [4.78, 5) is 5.60. The van der Waals surface area contributed by atoms with Crippen LogP contribution in [0.5, 0.6) is 0 Å². The van der Waals surface area contributed by atoms with Crippen molar-refractivity contribution in [1.82, 2.24) is 9.38 Å². The summed E-state index contributed by atoms with van der Waals surface area (Å²) in [5, 5.41) is 12.5. The van der Waals surface area contributed by atoms with Crippen LogP contribution in [0.25, 0.3) is 4.96 Å². The number of thiazole rings is 1. The van der Waals surface area contributed by atoms with Crippen molar-refractivity contribution in [3.8, 4) is 0 Å². The molecule has 0 spiro atoms. The van der Waals surface area contributed by atoms with E-state index in [1.165, 1.54) is 38.5 Å². The Bertz CT molecular complexity index is 511. The van der Waals surface area contributed by atoms with Crippen molar-refractivity contribution in [3.05, 3.63) is 23.5 Å². The molecule has 3 nitrogen and oxygen atoms in total. The lowest BCUT2D eigenvalue weighted by molar-refractivity contribution is 0.0722. The van der Waals surface area contributed by atoms with Crippen molar-refractivity contribution >= 4 is 16.3 Å². The van der Waals surface area contributed by atoms with Crippen LogP contribution in [0.2, 0.25) is 0 Å². The Balaban J connectivity index is 1.54. The van der Waals surface area contributed by atoms with Gasteiger partial charge >= 0.3 is 0 Å². The minimum absolute atomic E-state index is 0.220. The van der Waals surface area contributed by atoms with E-state index in [9.17, 15) is 5.11 Å². The summed E-state index contributed by atoms with van der Waals surface area (Å²) in [5.41, 5.74) is 1.03. The molecule has 1 atom stereocenters. The lowest BCUT2D eigenvalue weighted by Crippen LogP contribution is -2.27. The molecule has 20 heavy (non-hydrogen) atoms. The van der Waals surface area contributed by atoms with E-state index < -0.39 is 0 Å². The van der Waals surface area contributed by atoms with Crippen molar-refractivity contribution in [2.45, 2.75) is 58.0 Å². The summed E-state index contributed by atoms with van der Waals surface area (Å²) < 4.78 is 2.05. The van der Waals surface area contributed by atoms with Gasteiger partial charge in [-0.05, 0) is 24.7 Å². The number of aromatic nitrogens is 2. The summed E-state index contributed by atoms with van der Waals surface area (Å²) >= 11 is 1.65. The van der Waals surface area contributed by atoms with Gasteiger partial charge in [-0.2, -0.15) is 0 Å². The predicted molar refractivity (Wildman–Crippen MR) is 83.1 cm³/mol. The van der Waals surface area contributed by atoms with E-state index in [2.05, 4.69) is 18.1 Å². The second kappa shape index (κ2) is 6.27. The number of nitrogens with zero attached hydrogens (tertiary/aromatic N) is 2. The maximum atomic E-state index is 10.5. The highest BCUT2D eigenvalue weighted by atomic mass is 32.1. The molecular weight excluding hydrogens is 268 g/mol. The van der Waals surface area contributed by atoms with Gasteiger partial charge < -0.3 is 5.11 Å². The Morgan fingerprint density at radius 2 is 2.20 bits per heavy atom. The lowest BCUT2D eigenvalue weighted by atomic mass is 9.77. The standard InChI is InChI=1S/C16H24N2OS/c1-2-3-12-4-6-13(7-5-12)15(19)10-14-11-18-8-9-20-16(18)17-14/h8-9,11-13,15,19H,2-7,10H2,1H3. The zero-order valence-electron chi connectivity index (χ0n) is 12.2. The third-order valence-electron chi connectivity index (χ3n) is 4.69. The van der Waals surface area contributed by atoms with E-state index in [0.717, 1.165) is 16.6 Å². The van der Waals surface area contributed by atoms with E-state index in [1.54, 1.807) is 11.3 Å². The Morgan fingerprint density at radius 1 is 1.40 bits per heavy atom. The quantitative estimate of drug-likeness (QED) is 0.907. The van der Waals surface area contributed by atoms with Crippen molar-refractivity contribution in [1.29, 1.82) is 0 Å². The number of aliphatic hydroxyl groups excluding tert-OH is 1. The first kappa shape index (κ1) is 14.1. The number of hydrogen-bond donors (Lipinski definition) is 1. The van der Waals surface area contributed by atoms with Crippen LogP contribution in [0.1, 0.15) is 51.1 Å². The minimum atomic E-state index is -0.220. The van der Waals surface area contributed by atoms with Crippen LogP contribution < -0.4 is 0 Å². The first-order valence-corrected chi connectivity index (χ1v) is 8.73. The molecular formula is C16H24N2OS. The van der Waals surface area contributed by atoms with Crippen LogP contribution in [-0.4, -0.2) is 20.6 Å². The highest BCUT2D eigenvalue weighted by Crippen LogP contribution is 2.34. The van der Waals surface area contributed by atoms with Gasteiger partial charge in [-0.15, -0.1) is 11.3 Å². The van der Waals surface area contributed by atoms with E-state index >= 15 is 0 Å². The molecule has 1 fully saturated rings. The smallest absolute Gasteiger partial charge is 0.193 e. The summed E-state index contributed by atoms with van der Waals surface area (Å²) in [6.07, 6.45) is 12.2. The summed E-state index contributed by atoms with van der Waals surface area (Å²) in [6, 6.07) is 0. The maximum Gasteiger partial charge on any atom is 0.193 e. The molecule has 0 aliphatic heterocycles. The number of imidazole rings is 1. The number of fused-ring (bicyclic) bond motifs is 1. The molecule has 0 saturated heterocycles. The second-order valence-electron chi connectivity index (χ2n) is 6.17. The van der Waals surface area contributed by atoms with Gasteiger partial charge in [0.2, 0.25) is 0 Å². The van der Waals surface area contributed by atoms with Gasteiger partial charge in [-0.1, -0.05) is 32.6 Å². The fraction of sp³-hybridized carbons (Fsp3) is 0.688.